The third-order valence-corrected chi connectivity index (χ3v) is 3.67. The molecule has 1 atom stereocenters. The maximum absolute atomic E-state index is 4.37. The average Bonchev–Trinajstić information content (AvgIpc) is 2.70. The van der Waals surface area contributed by atoms with Crippen LogP contribution in [0.3, 0.4) is 0 Å². The Kier molecular flexibility index (Phi) is 4.17. The molecule has 0 saturated carbocycles. The standard InChI is InChI=1S/C14H24N4/c1-4-5-12-8-15-13(16-9-12)17-10-14(2)6-7-18(3)11-14/h8-9H,4-7,10-11H2,1-3H3,(H,15,16,17)/t14-/m1/s1. The third-order valence-electron chi connectivity index (χ3n) is 3.67. The number of hydrogen-bond donors (Lipinski definition) is 1. The summed E-state index contributed by atoms with van der Waals surface area (Å²) in [6.45, 7) is 7.78. The Hall–Kier alpha value is -1.16. The van der Waals surface area contributed by atoms with Crippen molar-refractivity contribution in [3.05, 3.63) is 18.0 Å². The van der Waals surface area contributed by atoms with Gasteiger partial charge in [0.1, 0.15) is 0 Å². The Labute approximate surface area is 110 Å². The molecular formula is C14H24N4. The summed E-state index contributed by atoms with van der Waals surface area (Å²) in [6, 6.07) is 0. The predicted octanol–water partition coefficient (Wildman–Crippen LogP) is 2.18. The summed E-state index contributed by atoms with van der Waals surface area (Å²) in [5.74, 6) is 0.755. The highest BCUT2D eigenvalue weighted by atomic mass is 15.2. The summed E-state index contributed by atoms with van der Waals surface area (Å²) < 4.78 is 0. The van der Waals surface area contributed by atoms with E-state index < -0.39 is 0 Å². The van der Waals surface area contributed by atoms with Gasteiger partial charge in [-0.25, -0.2) is 9.97 Å². The first-order chi connectivity index (χ1) is 8.61. The van der Waals surface area contributed by atoms with Crippen LogP contribution in [0.1, 0.15) is 32.3 Å². The van der Waals surface area contributed by atoms with E-state index in [9.17, 15) is 0 Å². The van der Waals surface area contributed by atoms with Crippen molar-refractivity contribution < 1.29 is 0 Å². The zero-order valence-corrected chi connectivity index (χ0v) is 11.7. The van der Waals surface area contributed by atoms with Crippen molar-refractivity contribution in [1.82, 2.24) is 14.9 Å². The van der Waals surface area contributed by atoms with Crippen LogP contribution in [-0.4, -0.2) is 41.5 Å². The molecule has 2 heterocycles. The Morgan fingerprint density at radius 2 is 2.11 bits per heavy atom. The van der Waals surface area contributed by atoms with Crippen LogP contribution in [0.15, 0.2) is 12.4 Å². The van der Waals surface area contributed by atoms with Crippen molar-refractivity contribution in [1.29, 1.82) is 0 Å². The van der Waals surface area contributed by atoms with Gasteiger partial charge in [0.25, 0.3) is 0 Å². The van der Waals surface area contributed by atoms with E-state index in [0.717, 1.165) is 31.9 Å². The summed E-state index contributed by atoms with van der Waals surface area (Å²) in [7, 11) is 2.18. The molecule has 1 aliphatic rings. The third kappa shape index (κ3) is 3.42. The van der Waals surface area contributed by atoms with Crippen molar-refractivity contribution >= 4 is 5.95 Å². The molecule has 0 amide bonds. The maximum atomic E-state index is 4.37. The Morgan fingerprint density at radius 3 is 2.67 bits per heavy atom. The Morgan fingerprint density at radius 1 is 1.39 bits per heavy atom. The minimum Gasteiger partial charge on any atom is -0.354 e. The van der Waals surface area contributed by atoms with Gasteiger partial charge in [-0.3, -0.25) is 0 Å². The summed E-state index contributed by atoms with van der Waals surface area (Å²) in [4.78, 5) is 11.1. The average molecular weight is 248 g/mol. The molecule has 0 radical (unpaired) electrons. The number of anilines is 1. The van der Waals surface area contributed by atoms with Crippen LogP contribution < -0.4 is 5.32 Å². The highest BCUT2D eigenvalue weighted by Crippen LogP contribution is 2.28. The predicted molar refractivity (Wildman–Crippen MR) is 74.7 cm³/mol. The molecule has 1 saturated heterocycles. The van der Waals surface area contributed by atoms with Crippen molar-refractivity contribution in [3.63, 3.8) is 0 Å². The van der Waals surface area contributed by atoms with Crippen molar-refractivity contribution in [2.24, 2.45) is 5.41 Å². The van der Waals surface area contributed by atoms with Crippen LogP contribution in [0.5, 0.6) is 0 Å². The minimum absolute atomic E-state index is 0.347. The zero-order valence-electron chi connectivity index (χ0n) is 11.7. The smallest absolute Gasteiger partial charge is 0.222 e. The largest absolute Gasteiger partial charge is 0.354 e. The van der Waals surface area contributed by atoms with Crippen molar-refractivity contribution in [2.75, 3.05) is 32.0 Å². The van der Waals surface area contributed by atoms with Gasteiger partial charge in [-0.05, 0) is 37.4 Å². The molecule has 0 aromatic carbocycles. The molecule has 4 nitrogen and oxygen atoms in total. The quantitative estimate of drug-likeness (QED) is 0.867. The van der Waals surface area contributed by atoms with Gasteiger partial charge in [-0.2, -0.15) is 0 Å². The van der Waals surface area contributed by atoms with E-state index in [1.54, 1.807) is 0 Å². The molecule has 1 N–H and O–H groups in total. The number of nitrogens with one attached hydrogen (secondary N) is 1. The molecule has 1 aromatic rings. The van der Waals surface area contributed by atoms with Crippen molar-refractivity contribution in [3.8, 4) is 0 Å². The number of likely N-dealkylation sites (tertiary alicyclic amines) is 1. The zero-order chi connectivity index (χ0) is 13.0. The van der Waals surface area contributed by atoms with E-state index in [0.29, 0.717) is 5.41 Å². The number of rotatable bonds is 5. The van der Waals surface area contributed by atoms with Crippen LogP contribution in [0.2, 0.25) is 0 Å². The molecule has 1 aliphatic heterocycles. The highest BCUT2D eigenvalue weighted by molar-refractivity contribution is 5.25. The number of aromatic nitrogens is 2. The Balaban J connectivity index is 1.86. The summed E-state index contributed by atoms with van der Waals surface area (Å²) >= 11 is 0. The van der Waals surface area contributed by atoms with Gasteiger partial charge < -0.3 is 10.2 Å². The fraction of sp³-hybridized carbons (Fsp3) is 0.714. The second-order valence-electron chi connectivity index (χ2n) is 5.82. The van der Waals surface area contributed by atoms with Gasteiger partial charge in [-0.15, -0.1) is 0 Å². The van der Waals surface area contributed by atoms with Crippen LogP contribution in [-0.2, 0) is 6.42 Å². The highest BCUT2D eigenvalue weighted by Gasteiger charge is 2.31. The van der Waals surface area contributed by atoms with Gasteiger partial charge in [0.15, 0.2) is 0 Å². The topological polar surface area (TPSA) is 41.1 Å². The van der Waals surface area contributed by atoms with Crippen LogP contribution >= 0.6 is 0 Å². The maximum Gasteiger partial charge on any atom is 0.222 e. The first kappa shape index (κ1) is 13.3. The molecule has 18 heavy (non-hydrogen) atoms. The summed E-state index contributed by atoms with van der Waals surface area (Å²) in [6.07, 6.45) is 7.30. The lowest BCUT2D eigenvalue weighted by molar-refractivity contribution is 0.325. The van der Waals surface area contributed by atoms with Crippen LogP contribution in [0.25, 0.3) is 0 Å². The second-order valence-corrected chi connectivity index (χ2v) is 5.82. The lowest BCUT2D eigenvalue weighted by Crippen LogP contribution is -2.30. The molecule has 1 fully saturated rings. The van der Waals surface area contributed by atoms with E-state index >= 15 is 0 Å². The van der Waals surface area contributed by atoms with E-state index in [2.05, 4.69) is 41.1 Å². The fourth-order valence-electron chi connectivity index (χ4n) is 2.57. The molecule has 0 unspecified atom stereocenters. The summed E-state index contributed by atoms with van der Waals surface area (Å²) in [5.41, 5.74) is 1.56. The lowest BCUT2D eigenvalue weighted by atomic mass is 9.90. The van der Waals surface area contributed by atoms with E-state index in [1.165, 1.54) is 18.5 Å². The number of aryl methyl sites for hydroxylation is 1. The van der Waals surface area contributed by atoms with E-state index in [-0.39, 0.29) is 0 Å². The van der Waals surface area contributed by atoms with Gasteiger partial charge in [0, 0.05) is 25.5 Å². The first-order valence-corrected chi connectivity index (χ1v) is 6.85. The Bertz CT molecular complexity index is 376. The monoisotopic (exact) mass is 248 g/mol. The lowest BCUT2D eigenvalue weighted by Gasteiger charge is -2.23. The fourth-order valence-corrected chi connectivity index (χ4v) is 2.57. The van der Waals surface area contributed by atoms with Crippen molar-refractivity contribution in [2.45, 2.75) is 33.1 Å². The molecular weight excluding hydrogens is 224 g/mol. The number of hydrogen-bond acceptors (Lipinski definition) is 4. The molecule has 2 rings (SSSR count). The van der Waals surface area contributed by atoms with Gasteiger partial charge in [-0.1, -0.05) is 20.3 Å². The number of nitrogens with zero attached hydrogens (tertiary/aromatic N) is 3. The minimum atomic E-state index is 0.347. The molecule has 0 aliphatic carbocycles. The van der Waals surface area contributed by atoms with Crippen LogP contribution in [0, 0.1) is 5.41 Å². The van der Waals surface area contributed by atoms with E-state index in [1.807, 2.05) is 12.4 Å². The first-order valence-electron chi connectivity index (χ1n) is 6.85. The normalized spacial score (nSPS) is 24.4. The second kappa shape index (κ2) is 5.65. The molecule has 0 bridgehead atoms. The SMILES string of the molecule is CCCc1cnc(NC[C@@]2(C)CCN(C)C2)nc1. The van der Waals surface area contributed by atoms with Gasteiger partial charge >= 0.3 is 0 Å². The molecule has 4 heteroatoms. The van der Waals surface area contributed by atoms with E-state index in [4.69, 9.17) is 0 Å². The molecule has 0 spiro atoms. The van der Waals surface area contributed by atoms with Gasteiger partial charge in [0.2, 0.25) is 5.95 Å². The summed E-state index contributed by atoms with van der Waals surface area (Å²) in [5, 5.41) is 3.37. The molecule has 100 valence electrons. The van der Waals surface area contributed by atoms with Crippen LogP contribution in [0.4, 0.5) is 5.95 Å². The van der Waals surface area contributed by atoms with Gasteiger partial charge in [0.05, 0.1) is 0 Å². The molecule has 1 aromatic heterocycles.